The first-order chi connectivity index (χ1) is 12.1. The average molecular weight is 345 g/mol. The first kappa shape index (κ1) is 17.6. The molecule has 0 aliphatic carbocycles. The molecule has 0 bridgehead atoms. The number of amides is 2. The summed E-state index contributed by atoms with van der Waals surface area (Å²) in [7, 11) is 0. The summed E-state index contributed by atoms with van der Waals surface area (Å²) in [5.74, 6) is -0.679. The van der Waals surface area contributed by atoms with Gasteiger partial charge in [-0.15, -0.1) is 0 Å². The fourth-order valence-corrected chi connectivity index (χ4v) is 3.71. The number of imide groups is 1. The van der Waals surface area contributed by atoms with Crippen molar-refractivity contribution in [1.82, 2.24) is 0 Å². The molecule has 3 rings (SSSR count). The Balaban J connectivity index is 1.74. The van der Waals surface area contributed by atoms with Crippen LogP contribution in [0, 0.1) is 0 Å². The minimum absolute atomic E-state index is 0.120. The number of rotatable bonds is 4. The van der Waals surface area contributed by atoms with Crippen molar-refractivity contribution in [2.45, 2.75) is 45.1 Å². The van der Waals surface area contributed by atoms with E-state index >= 15 is 0 Å². The van der Waals surface area contributed by atoms with E-state index in [0.717, 1.165) is 25.9 Å². The zero-order valence-electron chi connectivity index (χ0n) is 14.6. The van der Waals surface area contributed by atoms with Crippen LogP contribution in [0.15, 0.2) is 24.3 Å². The van der Waals surface area contributed by atoms with Gasteiger partial charge in [-0.2, -0.15) is 0 Å². The molecule has 2 amide bonds. The van der Waals surface area contributed by atoms with Crippen LogP contribution in [0.2, 0.25) is 0 Å². The number of hydrogen-bond acceptors (Lipinski definition) is 4. The Kier molecular flexibility index (Phi) is 5.48. The Bertz CT molecular complexity index is 648. The molecule has 1 aromatic carbocycles. The molecule has 6 heteroatoms. The summed E-state index contributed by atoms with van der Waals surface area (Å²) >= 11 is 0. The van der Waals surface area contributed by atoms with E-state index in [1.807, 2.05) is 0 Å². The second-order valence-corrected chi connectivity index (χ2v) is 6.66. The number of hydrogen-bond donors (Lipinski definition) is 1. The summed E-state index contributed by atoms with van der Waals surface area (Å²) < 4.78 is 4.95. The van der Waals surface area contributed by atoms with Crippen molar-refractivity contribution in [2.24, 2.45) is 0 Å². The van der Waals surface area contributed by atoms with Gasteiger partial charge in [-0.3, -0.25) is 9.59 Å². The monoisotopic (exact) mass is 345 g/mol. The van der Waals surface area contributed by atoms with Gasteiger partial charge in [0.05, 0.1) is 37.4 Å². The zero-order valence-corrected chi connectivity index (χ0v) is 14.6. The lowest BCUT2D eigenvalue weighted by Gasteiger charge is -2.22. The number of likely N-dealkylation sites (tertiary alicyclic amines) is 1. The second kappa shape index (κ2) is 7.78. The fourth-order valence-electron chi connectivity index (χ4n) is 3.71. The van der Waals surface area contributed by atoms with Crippen LogP contribution in [0.4, 0.5) is 5.69 Å². The minimum atomic E-state index is -0.403. The normalized spacial score (nSPS) is 22.1. The van der Waals surface area contributed by atoms with E-state index in [0.29, 0.717) is 17.9 Å². The molecule has 1 aromatic rings. The van der Waals surface area contributed by atoms with Crippen molar-refractivity contribution in [3.63, 3.8) is 0 Å². The number of nitrogens with zero attached hydrogens (tertiary/aromatic N) is 1. The molecule has 0 radical (unpaired) electrons. The zero-order chi connectivity index (χ0) is 17.8. The molecule has 2 aliphatic rings. The largest absolute Gasteiger partial charge is 0.462 e. The number of carbonyl (C=O) groups excluding carboxylic acids is 3. The summed E-state index contributed by atoms with van der Waals surface area (Å²) in [6, 6.07) is 6.21. The van der Waals surface area contributed by atoms with Crippen molar-refractivity contribution in [1.29, 1.82) is 0 Å². The molecule has 1 N–H and O–H groups in total. The third-order valence-electron chi connectivity index (χ3n) is 5.02. The van der Waals surface area contributed by atoms with Crippen LogP contribution in [0.1, 0.15) is 49.4 Å². The van der Waals surface area contributed by atoms with Gasteiger partial charge in [0.25, 0.3) is 5.91 Å². The first-order valence-corrected chi connectivity index (χ1v) is 9.10. The highest BCUT2D eigenvalue weighted by molar-refractivity contribution is 6.21. The van der Waals surface area contributed by atoms with Gasteiger partial charge >= 0.3 is 5.97 Å². The number of carbonyl (C=O) groups is 3. The van der Waals surface area contributed by atoms with Gasteiger partial charge < -0.3 is 9.64 Å². The highest BCUT2D eigenvalue weighted by Gasteiger charge is 2.45. The van der Waals surface area contributed by atoms with E-state index in [-0.39, 0.29) is 24.3 Å². The molecule has 25 heavy (non-hydrogen) atoms. The van der Waals surface area contributed by atoms with E-state index in [2.05, 4.69) is 0 Å². The Morgan fingerprint density at radius 3 is 2.36 bits per heavy atom. The molecule has 2 aliphatic heterocycles. The summed E-state index contributed by atoms with van der Waals surface area (Å²) in [6.45, 7) is 3.97. The third-order valence-corrected chi connectivity index (χ3v) is 5.02. The van der Waals surface area contributed by atoms with Gasteiger partial charge in [-0.25, -0.2) is 9.69 Å². The maximum atomic E-state index is 12.8. The maximum absolute atomic E-state index is 12.8. The minimum Gasteiger partial charge on any atom is -0.462 e. The average Bonchev–Trinajstić information content (AvgIpc) is 2.80. The maximum Gasteiger partial charge on any atom is 0.338 e. The molecule has 2 heterocycles. The Hall–Kier alpha value is -2.21. The lowest BCUT2D eigenvalue weighted by molar-refractivity contribution is -0.914. The molecular formula is C19H25N2O4+. The van der Waals surface area contributed by atoms with Crippen LogP contribution in [-0.4, -0.2) is 43.5 Å². The van der Waals surface area contributed by atoms with Crippen molar-refractivity contribution in [3.05, 3.63) is 29.8 Å². The van der Waals surface area contributed by atoms with Gasteiger partial charge in [0.1, 0.15) is 0 Å². The lowest BCUT2D eigenvalue weighted by atomic mass is 10.2. The summed E-state index contributed by atoms with van der Waals surface area (Å²) in [6.07, 6.45) is 4.91. The second-order valence-electron chi connectivity index (χ2n) is 6.66. The predicted molar refractivity (Wildman–Crippen MR) is 92.5 cm³/mol. The van der Waals surface area contributed by atoms with Crippen molar-refractivity contribution in [2.75, 3.05) is 24.6 Å². The molecule has 0 unspecified atom stereocenters. The molecule has 0 aromatic heterocycles. The first-order valence-electron chi connectivity index (χ1n) is 9.10. The number of benzene rings is 1. The predicted octanol–water partition coefficient (Wildman–Crippen LogP) is 0.954. The van der Waals surface area contributed by atoms with Crippen LogP contribution in [0.3, 0.4) is 0 Å². The molecule has 2 saturated heterocycles. The van der Waals surface area contributed by atoms with Gasteiger partial charge in [0.2, 0.25) is 5.91 Å². The summed E-state index contributed by atoms with van der Waals surface area (Å²) in [4.78, 5) is 39.5. The van der Waals surface area contributed by atoms with Gasteiger partial charge in [-0.05, 0) is 56.9 Å². The summed E-state index contributed by atoms with van der Waals surface area (Å²) in [5, 5.41) is 0. The Morgan fingerprint density at radius 1 is 1.12 bits per heavy atom. The van der Waals surface area contributed by atoms with E-state index < -0.39 is 5.97 Å². The number of anilines is 1. The smallest absolute Gasteiger partial charge is 0.338 e. The number of nitrogens with one attached hydrogen (secondary N) is 1. The van der Waals surface area contributed by atoms with Crippen molar-refractivity contribution in [3.8, 4) is 0 Å². The van der Waals surface area contributed by atoms with Crippen molar-refractivity contribution < 1.29 is 24.0 Å². The molecule has 134 valence electrons. The van der Waals surface area contributed by atoms with Crippen LogP contribution in [0.5, 0.6) is 0 Å². The van der Waals surface area contributed by atoms with E-state index in [4.69, 9.17) is 4.74 Å². The van der Waals surface area contributed by atoms with E-state index in [1.165, 1.54) is 22.6 Å². The number of esters is 1. The number of ether oxygens (including phenoxy) is 1. The van der Waals surface area contributed by atoms with Crippen molar-refractivity contribution >= 4 is 23.5 Å². The van der Waals surface area contributed by atoms with Gasteiger partial charge in [0.15, 0.2) is 6.04 Å². The quantitative estimate of drug-likeness (QED) is 0.652. The molecule has 2 fully saturated rings. The van der Waals surface area contributed by atoms with Crippen LogP contribution in [-0.2, 0) is 14.3 Å². The Labute approximate surface area is 147 Å². The van der Waals surface area contributed by atoms with Gasteiger partial charge in [-0.1, -0.05) is 0 Å². The highest BCUT2D eigenvalue weighted by atomic mass is 16.5. The van der Waals surface area contributed by atoms with E-state index in [1.54, 1.807) is 31.2 Å². The molecular weight excluding hydrogens is 320 g/mol. The number of quaternary nitrogens is 1. The van der Waals surface area contributed by atoms with E-state index in [9.17, 15) is 14.4 Å². The summed E-state index contributed by atoms with van der Waals surface area (Å²) in [5.41, 5.74) is 0.944. The third kappa shape index (κ3) is 3.74. The molecule has 0 saturated carbocycles. The van der Waals surface area contributed by atoms with Gasteiger partial charge in [0, 0.05) is 0 Å². The topological polar surface area (TPSA) is 68.1 Å². The highest BCUT2D eigenvalue weighted by Crippen LogP contribution is 2.23. The van der Waals surface area contributed by atoms with Crippen LogP contribution < -0.4 is 9.80 Å². The fraction of sp³-hybridized carbons (Fsp3) is 0.526. The van der Waals surface area contributed by atoms with Crippen LogP contribution >= 0.6 is 0 Å². The molecule has 6 nitrogen and oxygen atoms in total. The molecule has 0 spiro atoms. The Morgan fingerprint density at radius 2 is 1.76 bits per heavy atom. The standard InChI is InChI=1S/C19H24N2O4/c1-2-25-19(24)14-7-9-15(10-8-14)21-17(22)13-16(18(21)23)20-11-5-3-4-6-12-20/h7-10,16H,2-6,11-13H2,1H3/p+1/t16-/m0/s1. The molecule has 1 atom stereocenters. The lowest BCUT2D eigenvalue weighted by Crippen LogP contribution is -3.16. The van der Waals surface area contributed by atoms with Crippen LogP contribution in [0.25, 0.3) is 0 Å². The SMILES string of the molecule is CCOC(=O)c1ccc(N2C(=O)C[C@H]([NH+]3CCCCCC3)C2=O)cc1.